The van der Waals surface area contributed by atoms with E-state index in [2.05, 4.69) is 23.0 Å². The minimum Gasteiger partial charge on any atom is -0.383 e. The van der Waals surface area contributed by atoms with Gasteiger partial charge in [0.15, 0.2) is 0 Å². The highest BCUT2D eigenvalue weighted by Gasteiger charge is 2.34. The molecule has 1 aliphatic heterocycles. The van der Waals surface area contributed by atoms with Gasteiger partial charge < -0.3 is 10.5 Å². The quantitative estimate of drug-likeness (QED) is 0.728. The Morgan fingerprint density at radius 3 is 2.56 bits per heavy atom. The summed E-state index contributed by atoms with van der Waals surface area (Å²) >= 11 is 0. The largest absolute Gasteiger partial charge is 0.383 e. The van der Waals surface area contributed by atoms with Crippen molar-refractivity contribution in [1.29, 1.82) is 0 Å². The second-order valence-corrected chi connectivity index (χ2v) is 3.81. The number of benzene rings is 1. The summed E-state index contributed by atoms with van der Waals surface area (Å²) in [7, 11) is 1.70. The zero-order valence-electron chi connectivity index (χ0n) is 9.22. The van der Waals surface area contributed by atoms with Crippen LogP contribution < -0.4 is 16.6 Å². The van der Waals surface area contributed by atoms with Gasteiger partial charge >= 0.3 is 0 Å². The van der Waals surface area contributed by atoms with E-state index in [0.717, 1.165) is 0 Å². The smallest absolute Gasteiger partial charge is 0.0765 e. The second-order valence-electron chi connectivity index (χ2n) is 3.81. The maximum Gasteiger partial charge on any atom is 0.0765 e. The number of ether oxygens (including phenoxy) is 1. The van der Waals surface area contributed by atoms with Crippen LogP contribution in [-0.4, -0.2) is 25.9 Å². The lowest BCUT2D eigenvalue weighted by atomic mass is 9.91. The molecule has 1 aromatic carbocycles. The van der Waals surface area contributed by atoms with Gasteiger partial charge in [-0.2, -0.15) is 0 Å². The molecular formula is C11H18ClN3O. The number of hydrogen-bond donors (Lipinski definition) is 3. The van der Waals surface area contributed by atoms with Crippen molar-refractivity contribution in [2.75, 3.05) is 13.7 Å². The average Bonchev–Trinajstić information content (AvgIpc) is 2.62. The van der Waals surface area contributed by atoms with Crippen LogP contribution in [0.3, 0.4) is 0 Å². The molecule has 1 saturated heterocycles. The van der Waals surface area contributed by atoms with Crippen LogP contribution in [0.4, 0.5) is 0 Å². The molecule has 3 unspecified atom stereocenters. The lowest BCUT2D eigenvalue weighted by molar-refractivity contribution is 0.165. The van der Waals surface area contributed by atoms with E-state index in [4.69, 9.17) is 10.5 Å². The second kappa shape index (κ2) is 6.18. The van der Waals surface area contributed by atoms with Gasteiger partial charge in [0.25, 0.3) is 0 Å². The lowest BCUT2D eigenvalue weighted by Gasteiger charge is -2.20. The molecule has 0 spiro atoms. The van der Waals surface area contributed by atoms with E-state index in [9.17, 15) is 0 Å². The van der Waals surface area contributed by atoms with E-state index in [-0.39, 0.29) is 30.5 Å². The van der Waals surface area contributed by atoms with E-state index >= 15 is 0 Å². The topological polar surface area (TPSA) is 59.3 Å². The molecule has 1 fully saturated rings. The highest BCUT2D eigenvalue weighted by molar-refractivity contribution is 5.85. The summed E-state index contributed by atoms with van der Waals surface area (Å²) in [6.45, 7) is 0.653. The van der Waals surface area contributed by atoms with Crippen molar-refractivity contribution in [2.45, 2.75) is 18.1 Å². The summed E-state index contributed by atoms with van der Waals surface area (Å²) in [5.41, 5.74) is 13.4. The van der Waals surface area contributed by atoms with Crippen molar-refractivity contribution >= 4 is 12.4 Å². The Morgan fingerprint density at radius 1 is 1.25 bits per heavy atom. The third-order valence-electron chi connectivity index (χ3n) is 2.79. The molecule has 3 atom stereocenters. The fourth-order valence-corrected chi connectivity index (χ4v) is 2.07. The summed E-state index contributed by atoms with van der Waals surface area (Å²) in [5, 5.41) is 0. The maximum atomic E-state index is 6.00. The first-order chi connectivity index (χ1) is 7.33. The zero-order chi connectivity index (χ0) is 10.7. The first kappa shape index (κ1) is 13.4. The molecule has 1 heterocycles. The van der Waals surface area contributed by atoms with E-state index in [1.54, 1.807) is 7.11 Å². The van der Waals surface area contributed by atoms with Gasteiger partial charge in [0, 0.05) is 13.0 Å². The van der Waals surface area contributed by atoms with Gasteiger partial charge in [-0.25, -0.2) is 5.43 Å². The van der Waals surface area contributed by atoms with Crippen molar-refractivity contribution in [2.24, 2.45) is 5.73 Å². The fourth-order valence-electron chi connectivity index (χ4n) is 2.07. The summed E-state index contributed by atoms with van der Waals surface area (Å²) in [6, 6.07) is 10.5. The minimum absolute atomic E-state index is 0. The van der Waals surface area contributed by atoms with E-state index in [0.29, 0.717) is 6.61 Å². The summed E-state index contributed by atoms with van der Waals surface area (Å²) in [5.74, 6) is 0.256. The standard InChI is InChI=1S/C11H17N3O.ClH/c1-15-7-9-10(11(12)14-13-9)8-5-3-2-4-6-8;/h2-6,9-11,13-14H,7,12H2,1H3;1H. The fraction of sp³-hybridized carbons (Fsp3) is 0.455. The molecule has 4 N–H and O–H groups in total. The predicted molar refractivity (Wildman–Crippen MR) is 66.3 cm³/mol. The van der Waals surface area contributed by atoms with Gasteiger partial charge in [0.05, 0.1) is 18.8 Å². The Kier molecular flexibility index (Phi) is 5.18. The highest BCUT2D eigenvalue weighted by atomic mass is 35.5. The third-order valence-corrected chi connectivity index (χ3v) is 2.79. The summed E-state index contributed by atoms with van der Waals surface area (Å²) < 4.78 is 5.17. The van der Waals surface area contributed by atoms with E-state index in [1.807, 2.05) is 18.2 Å². The minimum atomic E-state index is -0.0625. The molecule has 5 heteroatoms. The molecule has 0 radical (unpaired) electrons. The Morgan fingerprint density at radius 2 is 1.94 bits per heavy atom. The molecule has 1 aliphatic rings. The molecule has 2 rings (SSSR count). The summed E-state index contributed by atoms with van der Waals surface area (Å²) in [6.07, 6.45) is -0.0625. The highest BCUT2D eigenvalue weighted by Crippen LogP contribution is 2.24. The SMILES string of the molecule is COCC1NNC(N)C1c1ccccc1.Cl. The van der Waals surface area contributed by atoms with Crippen LogP contribution in [0, 0.1) is 0 Å². The van der Waals surface area contributed by atoms with Crippen molar-refractivity contribution in [3.05, 3.63) is 35.9 Å². The number of hydrogen-bond acceptors (Lipinski definition) is 4. The normalized spacial score (nSPS) is 28.8. The molecule has 0 aliphatic carbocycles. The first-order valence-electron chi connectivity index (χ1n) is 5.13. The first-order valence-corrected chi connectivity index (χ1v) is 5.13. The number of nitrogens with two attached hydrogens (primary N) is 1. The molecule has 0 aromatic heterocycles. The Balaban J connectivity index is 0.00000128. The number of halogens is 1. The number of methoxy groups -OCH3 is 1. The van der Waals surface area contributed by atoms with E-state index in [1.165, 1.54) is 5.56 Å². The molecule has 0 bridgehead atoms. The van der Waals surface area contributed by atoms with Gasteiger partial charge in [-0.1, -0.05) is 30.3 Å². The van der Waals surface area contributed by atoms with Crippen molar-refractivity contribution in [3.8, 4) is 0 Å². The maximum absolute atomic E-state index is 6.00. The molecule has 4 nitrogen and oxygen atoms in total. The third kappa shape index (κ3) is 2.72. The van der Waals surface area contributed by atoms with Gasteiger partial charge in [0.2, 0.25) is 0 Å². The van der Waals surface area contributed by atoms with Gasteiger partial charge in [-0.05, 0) is 5.56 Å². The van der Waals surface area contributed by atoms with Crippen LogP contribution in [0.15, 0.2) is 30.3 Å². The Hall–Kier alpha value is -0.650. The molecular weight excluding hydrogens is 226 g/mol. The summed E-state index contributed by atoms with van der Waals surface area (Å²) in [4.78, 5) is 0. The van der Waals surface area contributed by atoms with Gasteiger partial charge in [-0.15, -0.1) is 12.4 Å². The molecule has 0 amide bonds. The molecule has 1 aromatic rings. The van der Waals surface area contributed by atoms with Crippen LogP contribution in [0.5, 0.6) is 0 Å². The monoisotopic (exact) mass is 243 g/mol. The Labute approximate surface area is 102 Å². The van der Waals surface area contributed by atoms with Crippen molar-refractivity contribution in [3.63, 3.8) is 0 Å². The number of hydrazine groups is 1. The van der Waals surface area contributed by atoms with Crippen LogP contribution in [-0.2, 0) is 4.74 Å². The van der Waals surface area contributed by atoms with Crippen LogP contribution >= 0.6 is 12.4 Å². The van der Waals surface area contributed by atoms with Gasteiger partial charge in [-0.3, -0.25) is 5.43 Å². The van der Waals surface area contributed by atoms with Crippen molar-refractivity contribution in [1.82, 2.24) is 10.9 Å². The van der Waals surface area contributed by atoms with Crippen molar-refractivity contribution < 1.29 is 4.74 Å². The van der Waals surface area contributed by atoms with Gasteiger partial charge in [0.1, 0.15) is 0 Å². The number of nitrogens with one attached hydrogen (secondary N) is 2. The van der Waals surface area contributed by atoms with Crippen LogP contribution in [0.25, 0.3) is 0 Å². The zero-order valence-corrected chi connectivity index (χ0v) is 10.0. The lowest BCUT2D eigenvalue weighted by Crippen LogP contribution is -2.38. The van der Waals surface area contributed by atoms with Crippen LogP contribution in [0.1, 0.15) is 11.5 Å². The number of rotatable bonds is 3. The predicted octanol–water partition coefficient (Wildman–Crippen LogP) is 0.600. The van der Waals surface area contributed by atoms with Crippen LogP contribution in [0.2, 0.25) is 0 Å². The average molecular weight is 244 g/mol. The molecule has 0 saturated carbocycles. The Bertz CT molecular complexity index is 307. The molecule has 16 heavy (non-hydrogen) atoms. The molecule has 90 valence electrons. The van der Waals surface area contributed by atoms with E-state index < -0.39 is 0 Å².